The first-order valence-corrected chi connectivity index (χ1v) is 10.8. The molecule has 150 valence electrons. The Balaban J connectivity index is 0.000000183. The van der Waals surface area contributed by atoms with E-state index in [1.807, 2.05) is 14.7 Å². The summed E-state index contributed by atoms with van der Waals surface area (Å²) in [6, 6.07) is 0. The second kappa shape index (κ2) is 7.39. The van der Waals surface area contributed by atoms with Crippen molar-refractivity contribution in [1.29, 1.82) is 0 Å². The van der Waals surface area contributed by atoms with Crippen LogP contribution in [-0.4, -0.2) is 86.3 Å². The highest BCUT2D eigenvalue weighted by molar-refractivity contribution is 7.46. The third-order valence-electron chi connectivity index (χ3n) is 4.04. The molecule has 3 aliphatic heterocycles. The Morgan fingerprint density at radius 1 is 1.07 bits per heavy atom. The third kappa shape index (κ3) is 5.47. The lowest BCUT2D eigenvalue weighted by Gasteiger charge is -2.21. The Morgan fingerprint density at radius 3 is 1.93 bits per heavy atom. The summed E-state index contributed by atoms with van der Waals surface area (Å²) in [5, 5.41) is -1.50. The van der Waals surface area contributed by atoms with Gasteiger partial charge in [-0.15, -0.1) is 11.6 Å². The van der Waals surface area contributed by atoms with Crippen molar-refractivity contribution in [3.05, 3.63) is 23.2 Å². The molecular formula is C15H20Cl2N3O6P. The molecule has 1 atom stereocenters. The van der Waals surface area contributed by atoms with Gasteiger partial charge in [0.2, 0.25) is 11.6 Å². The largest absolute Gasteiger partial charge is 0.471 e. The second-order valence-electron chi connectivity index (χ2n) is 6.70. The monoisotopic (exact) mass is 439 g/mol. The molecule has 9 nitrogen and oxygen atoms in total. The summed E-state index contributed by atoms with van der Waals surface area (Å²) in [4.78, 5) is 46.9. The number of phosphoric acid groups is 1. The summed E-state index contributed by atoms with van der Waals surface area (Å²) >= 11 is 10.6. The van der Waals surface area contributed by atoms with E-state index in [1.165, 1.54) is 13.0 Å². The minimum Gasteiger partial charge on any atom is -0.365 e. The molecule has 3 fully saturated rings. The van der Waals surface area contributed by atoms with Crippen LogP contribution in [0.5, 0.6) is 0 Å². The maximum atomic E-state index is 12.4. The lowest BCUT2D eigenvalue weighted by atomic mass is 10.0. The molecular weight excluding hydrogens is 420 g/mol. The number of ketones is 2. The number of halogens is 2. The van der Waals surface area contributed by atoms with Crippen molar-refractivity contribution in [2.45, 2.75) is 12.0 Å². The van der Waals surface area contributed by atoms with Crippen LogP contribution >= 0.6 is 31.0 Å². The van der Waals surface area contributed by atoms with E-state index in [9.17, 15) is 14.2 Å². The first-order valence-electron chi connectivity index (χ1n) is 8.33. The van der Waals surface area contributed by atoms with Crippen LogP contribution in [0.2, 0.25) is 0 Å². The van der Waals surface area contributed by atoms with Crippen LogP contribution in [0.4, 0.5) is 0 Å². The average molecular weight is 440 g/mol. The fourth-order valence-electron chi connectivity index (χ4n) is 2.55. The van der Waals surface area contributed by atoms with Crippen molar-refractivity contribution >= 4 is 42.6 Å². The van der Waals surface area contributed by atoms with Crippen LogP contribution in [0.3, 0.4) is 0 Å². The van der Waals surface area contributed by atoms with E-state index in [-0.39, 0.29) is 17.4 Å². The van der Waals surface area contributed by atoms with Crippen LogP contribution in [0.1, 0.15) is 6.92 Å². The van der Waals surface area contributed by atoms with Gasteiger partial charge < -0.3 is 24.5 Å². The van der Waals surface area contributed by atoms with E-state index < -0.39 is 12.9 Å². The number of rotatable bonds is 6. The zero-order chi connectivity index (χ0) is 20.0. The number of hydrogen-bond acceptors (Lipinski definition) is 7. The van der Waals surface area contributed by atoms with Gasteiger partial charge in [-0.25, -0.2) is 4.57 Å². The van der Waals surface area contributed by atoms with E-state index in [2.05, 4.69) is 4.52 Å². The SMILES string of the molecule is CC(Cl)(CCl)OP(=O)(O)O.O=C1C=C(N2CC2)C(=O)C(N2CC2)=C1N1CC1. The van der Waals surface area contributed by atoms with Crippen molar-refractivity contribution < 1.29 is 28.5 Å². The Kier molecular flexibility index (Phi) is 5.65. The Morgan fingerprint density at radius 2 is 1.56 bits per heavy atom. The van der Waals surface area contributed by atoms with Crippen LogP contribution in [0.25, 0.3) is 0 Å². The fourth-order valence-corrected chi connectivity index (χ4v) is 3.51. The Bertz CT molecular complexity index is 766. The molecule has 4 aliphatic rings. The van der Waals surface area contributed by atoms with Gasteiger partial charge >= 0.3 is 7.82 Å². The molecule has 27 heavy (non-hydrogen) atoms. The number of phosphoric ester groups is 1. The molecule has 3 saturated heterocycles. The summed E-state index contributed by atoms with van der Waals surface area (Å²) in [7, 11) is -4.52. The lowest BCUT2D eigenvalue weighted by Crippen LogP contribution is -2.29. The molecule has 4 rings (SSSR count). The molecule has 0 aromatic rings. The molecule has 0 radical (unpaired) electrons. The van der Waals surface area contributed by atoms with E-state index in [0.29, 0.717) is 17.1 Å². The predicted molar refractivity (Wildman–Crippen MR) is 97.9 cm³/mol. The minimum atomic E-state index is -4.52. The van der Waals surface area contributed by atoms with Gasteiger partial charge in [-0.3, -0.25) is 14.1 Å². The van der Waals surface area contributed by atoms with Gasteiger partial charge in [0.1, 0.15) is 11.4 Å². The Labute approximate surface area is 166 Å². The zero-order valence-corrected chi connectivity index (χ0v) is 17.0. The third-order valence-corrected chi connectivity index (χ3v) is 5.64. The van der Waals surface area contributed by atoms with Gasteiger partial charge in [-0.1, -0.05) is 11.6 Å². The summed E-state index contributed by atoms with van der Waals surface area (Å²) in [5.41, 5.74) is 1.89. The number of alkyl halides is 2. The molecule has 0 bridgehead atoms. The molecule has 12 heteroatoms. The fraction of sp³-hybridized carbons (Fsp3) is 0.600. The van der Waals surface area contributed by atoms with Gasteiger partial charge in [0.25, 0.3) is 0 Å². The lowest BCUT2D eigenvalue weighted by molar-refractivity contribution is -0.117. The molecule has 0 spiro atoms. The molecule has 0 aromatic carbocycles. The highest BCUT2D eigenvalue weighted by Gasteiger charge is 2.43. The van der Waals surface area contributed by atoms with Crippen molar-refractivity contribution in [2.24, 2.45) is 0 Å². The first-order chi connectivity index (χ1) is 12.5. The van der Waals surface area contributed by atoms with Crippen LogP contribution in [0.15, 0.2) is 23.2 Å². The summed E-state index contributed by atoms with van der Waals surface area (Å²) < 4.78 is 14.2. The van der Waals surface area contributed by atoms with Crippen molar-refractivity contribution in [2.75, 3.05) is 45.1 Å². The second-order valence-corrected chi connectivity index (χ2v) is 8.93. The minimum absolute atomic E-state index is 0.00546. The molecule has 1 unspecified atom stereocenters. The van der Waals surface area contributed by atoms with E-state index in [1.54, 1.807) is 0 Å². The number of hydrogen-bond donors (Lipinski definition) is 2. The number of carbonyl (C=O) groups excluding carboxylic acids is 2. The van der Waals surface area contributed by atoms with Gasteiger partial charge in [-0.05, 0) is 6.92 Å². The topological polar surface area (TPSA) is 110 Å². The highest BCUT2D eigenvalue weighted by atomic mass is 35.5. The normalized spacial score (nSPS) is 23.6. The van der Waals surface area contributed by atoms with E-state index >= 15 is 0 Å². The van der Waals surface area contributed by atoms with Crippen LogP contribution in [-0.2, 0) is 18.7 Å². The molecule has 0 saturated carbocycles. The van der Waals surface area contributed by atoms with Crippen LogP contribution in [0, 0.1) is 0 Å². The molecule has 2 N–H and O–H groups in total. The van der Waals surface area contributed by atoms with Gasteiger partial charge in [-0.2, -0.15) is 0 Å². The highest BCUT2D eigenvalue weighted by Crippen LogP contribution is 2.43. The molecule has 1 aliphatic carbocycles. The number of allylic oxidation sites excluding steroid dienone is 1. The number of carbonyl (C=O) groups is 2. The molecule has 0 aromatic heterocycles. The average Bonchev–Trinajstić information content (AvgIpc) is 3.39. The van der Waals surface area contributed by atoms with Crippen molar-refractivity contribution in [1.82, 2.24) is 14.7 Å². The first kappa shape index (κ1) is 20.6. The van der Waals surface area contributed by atoms with Gasteiger partial charge in [0.15, 0.2) is 5.06 Å². The number of Topliss-reactive ketones (excluding diaryl/α,β-unsaturated/α-hetero) is 1. The summed E-state index contributed by atoms with van der Waals surface area (Å²) in [6.07, 6.45) is 1.52. The van der Waals surface area contributed by atoms with Crippen molar-refractivity contribution in [3.8, 4) is 0 Å². The van der Waals surface area contributed by atoms with E-state index in [4.69, 9.17) is 33.0 Å². The van der Waals surface area contributed by atoms with E-state index in [0.717, 1.165) is 39.3 Å². The van der Waals surface area contributed by atoms with Gasteiger partial charge in [0.05, 0.1) is 11.6 Å². The maximum absolute atomic E-state index is 12.4. The standard InChI is InChI=1S/C12H13N3O2.C3H7Cl2O4P/c16-9-7-8(13-1-2-13)12(17)11(15-5-6-15)10(9)14-3-4-14;1-3(5,2-4)9-10(6,7)8/h7H,1-6H2;2H2,1H3,(H2,6,7,8). The maximum Gasteiger partial charge on any atom is 0.471 e. The van der Waals surface area contributed by atoms with Crippen LogP contribution < -0.4 is 0 Å². The quantitative estimate of drug-likeness (QED) is 0.264. The molecule has 3 heterocycles. The zero-order valence-electron chi connectivity index (χ0n) is 14.6. The predicted octanol–water partition coefficient (Wildman–Crippen LogP) is 0.470. The molecule has 0 amide bonds. The summed E-state index contributed by atoms with van der Waals surface area (Å²) in [5.74, 6) is -0.146. The summed E-state index contributed by atoms with van der Waals surface area (Å²) in [6.45, 7) is 6.67. The smallest absolute Gasteiger partial charge is 0.365 e. The number of nitrogens with zero attached hydrogens (tertiary/aromatic N) is 3. The Hall–Kier alpha value is -1.09. The van der Waals surface area contributed by atoms with Gasteiger partial charge in [0, 0.05) is 45.3 Å². The van der Waals surface area contributed by atoms with Crippen molar-refractivity contribution in [3.63, 3.8) is 0 Å².